The van der Waals surface area contributed by atoms with Crippen LogP contribution in [0.4, 0.5) is 5.69 Å². The lowest BCUT2D eigenvalue weighted by molar-refractivity contribution is -0.111. The van der Waals surface area contributed by atoms with Crippen molar-refractivity contribution in [2.45, 2.75) is 32.8 Å². The Kier molecular flexibility index (Phi) is 6.48. The molecule has 1 N–H and O–H groups in total. The normalized spacial score (nSPS) is 16.0. The summed E-state index contributed by atoms with van der Waals surface area (Å²) in [4.78, 5) is 12.5. The number of nitrogens with zero attached hydrogens (tertiary/aromatic N) is 2. The lowest BCUT2D eigenvalue weighted by atomic mass is 10.2. The first-order valence-corrected chi connectivity index (χ1v) is 10.6. The van der Waals surface area contributed by atoms with E-state index in [-0.39, 0.29) is 12.0 Å². The molecule has 1 aromatic heterocycles. The third kappa shape index (κ3) is 5.22. The molecule has 1 unspecified atom stereocenters. The summed E-state index contributed by atoms with van der Waals surface area (Å²) in [7, 11) is 0. The lowest BCUT2D eigenvalue weighted by Gasteiger charge is -2.12. The molecule has 0 spiro atoms. The minimum Gasteiger partial charge on any atom is -0.491 e. The maximum Gasteiger partial charge on any atom is 0.248 e. The average molecular weight is 418 g/mol. The Labute approximate surface area is 182 Å². The third-order valence-electron chi connectivity index (χ3n) is 5.31. The first-order chi connectivity index (χ1) is 15.1. The highest BCUT2D eigenvalue weighted by Gasteiger charge is 2.16. The smallest absolute Gasteiger partial charge is 0.248 e. The molecule has 1 fully saturated rings. The maximum absolute atomic E-state index is 12.5. The Morgan fingerprint density at radius 3 is 2.84 bits per heavy atom. The van der Waals surface area contributed by atoms with Crippen molar-refractivity contribution < 1.29 is 14.3 Å². The first kappa shape index (κ1) is 20.9. The maximum atomic E-state index is 12.5. The molecule has 0 radical (unpaired) electrons. The lowest BCUT2D eigenvalue weighted by Crippen LogP contribution is -2.16. The van der Waals surface area contributed by atoms with Gasteiger partial charge < -0.3 is 14.8 Å². The minimum absolute atomic E-state index is 0.157. The second-order valence-electron chi connectivity index (χ2n) is 7.63. The van der Waals surface area contributed by atoms with Crippen LogP contribution in [-0.2, 0) is 9.53 Å². The van der Waals surface area contributed by atoms with Crippen LogP contribution in [-0.4, -0.2) is 35.0 Å². The zero-order chi connectivity index (χ0) is 21.6. The van der Waals surface area contributed by atoms with Crippen LogP contribution in [0.2, 0.25) is 0 Å². The fourth-order valence-corrected chi connectivity index (χ4v) is 3.69. The molecule has 0 bridgehead atoms. The number of aromatic nitrogens is 2. The molecule has 1 saturated heterocycles. The van der Waals surface area contributed by atoms with Crippen LogP contribution >= 0.6 is 0 Å². The van der Waals surface area contributed by atoms with E-state index >= 15 is 0 Å². The number of benzene rings is 2. The van der Waals surface area contributed by atoms with Gasteiger partial charge in [0.25, 0.3) is 0 Å². The van der Waals surface area contributed by atoms with Crippen molar-refractivity contribution in [3.8, 4) is 11.4 Å². The number of rotatable bonds is 7. The summed E-state index contributed by atoms with van der Waals surface area (Å²) in [5.41, 5.74) is 4.47. The summed E-state index contributed by atoms with van der Waals surface area (Å²) >= 11 is 0. The Bertz CT molecular complexity index is 1070. The standard InChI is InChI=1S/C25H27N3O3/c1-18-24(19(2)28(27-18)21-9-4-3-5-10-21)13-14-25(29)26-20-8-6-11-22(16-20)31-17-23-12-7-15-30-23/h3-6,8-11,13-14,16,23H,7,12,15,17H2,1-2H3,(H,26,29)/b14-13+. The van der Waals surface area contributed by atoms with Crippen LogP contribution in [0.3, 0.4) is 0 Å². The number of aryl methyl sites for hydroxylation is 1. The van der Waals surface area contributed by atoms with Gasteiger partial charge in [-0.1, -0.05) is 24.3 Å². The molecule has 0 aliphatic carbocycles. The summed E-state index contributed by atoms with van der Waals surface area (Å²) < 4.78 is 13.3. The number of para-hydroxylation sites is 1. The summed E-state index contributed by atoms with van der Waals surface area (Å²) in [6.45, 7) is 5.28. The second-order valence-corrected chi connectivity index (χ2v) is 7.63. The molecule has 1 aliphatic heterocycles. The topological polar surface area (TPSA) is 65.4 Å². The molecule has 31 heavy (non-hydrogen) atoms. The Morgan fingerprint density at radius 2 is 2.06 bits per heavy atom. The largest absolute Gasteiger partial charge is 0.491 e. The van der Waals surface area contributed by atoms with Crippen molar-refractivity contribution >= 4 is 17.7 Å². The van der Waals surface area contributed by atoms with Gasteiger partial charge in [-0.25, -0.2) is 4.68 Å². The van der Waals surface area contributed by atoms with Crippen LogP contribution in [0.15, 0.2) is 60.7 Å². The number of ether oxygens (including phenoxy) is 2. The fraction of sp³-hybridized carbons (Fsp3) is 0.280. The highest BCUT2D eigenvalue weighted by atomic mass is 16.5. The molecule has 1 atom stereocenters. The third-order valence-corrected chi connectivity index (χ3v) is 5.31. The molecule has 1 aliphatic rings. The van der Waals surface area contributed by atoms with E-state index in [1.807, 2.05) is 79.2 Å². The van der Waals surface area contributed by atoms with E-state index in [9.17, 15) is 4.79 Å². The van der Waals surface area contributed by atoms with Crippen molar-refractivity contribution in [3.63, 3.8) is 0 Å². The molecule has 2 aromatic carbocycles. The first-order valence-electron chi connectivity index (χ1n) is 10.6. The van der Waals surface area contributed by atoms with E-state index in [2.05, 4.69) is 10.4 Å². The quantitative estimate of drug-likeness (QED) is 0.566. The van der Waals surface area contributed by atoms with Gasteiger partial charge in [-0.15, -0.1) is 0 Å². The van der Waals surface area contributed by atoms with Crippen LogP contribution in [0.5, 0.6) is 5.75 Å². The second kappa shape index (κ2) is 9.62. The highest BCUT2D eigenvalue weighted by Crippen LogP contribution is 2.21. The molecule has 4 rings (SSSR count). The van der Waals surface area contributed by atoms with E-state index in [0.29, 0.717) is 18.0 Å². The zero-order valence-electron chi connectivity index (χ0n) is 17.9. The molecule has 6 heteroatoms. The number of nitrogens with one attached hydrogen (secondary N) is 1. The average Bonchev–Trinajstić information content (AvgIpc) is 3.40. The molecule has 2 heterocycles. The number of carbonyl (C=O) groups is 1. The van der Waals surface area contributed by atoms with Crippen molar-refractivity contribution in [1.29, 1.82) is 0 Å². The van der Waals surface area contributed by atoms with Gasteiger partial charge in [0.1, 0.15) is 12.4 Å². The van der Waals surface area contributed by atoms with E-state index in [4.69, 9.17) is 9.47 Å². The molecular formula is C25H27N3O3. The molecule has 160 valence electrons. The zero-order valence-corrected chi connectivity index (χ0v) is 17.9. The summed E-state index contributed by atoms with van der Waals surface area (Å²) in [6.07, 6.45) is 5.61. The Balaban J connectivity index is 1.40. The number of carbonyl (C=O) groups excluding carboxylic acids is 1. The molecule has 0 saturated carbocycles. The van der Waals surface area contributed by atoms with Gasteiger partial charge >= 0.3 is 0 Å². The summed E-state index contributed by atoms with van der Waals surface area (Å²) in [5.74, 6) is 0.510. The van der Waals surface area contributed by atoms with E-state index < -0.39 is 0 Å². The SMILES string of the molecule is Cc1nn(-c2ccccc2)c(C)c1/C=C/C(=O)Nc1cccc(OCC2CCCO2)c1. The fourth-order valence-electron chi connectivity index (χ4n) is 3.69. The molecule has 3 aromatic rings. The highest BCUT2D eigenvalue weighted by molar-refractivity contribution is 6.02. The van der Waals surface area contributed by atoms with E-state index in [1.54, 1.807) is 0 Å². The van der Waals surface area contributed by atoms with Crippen molar-refractivity contribution in [2.75, 3.05) is 18.5 Å². The summed E-state index contributed by atoms with van der Waals surface area (Å²) in [6, 6.07) is 17.4. The van der Waals surface area contributed by atoms with Gasteiger partial charge in [0.15, 0.2) is 0 Å². The van der Waals surface area contributed by atoms with Crippen LogP contribution in [0.25, 0.3) is 11.8 Å². The molecule has 1 amide bonds. The van der Waals surface area contributed by atoms with Crippen molar-refractivity contribution in [1.82, 2.24) is 9.78 Å². The number of amides is 1. The predicted octanol–water partition coefficient (Wildman–Crippen LogP) is 4.70. The van der Waals surface area contributed by atoms with Gasteiger partial charge in [-0.05, 0) is 57.0 Å². The van der Waals surface area contributed by atoms with E-state index in [1.165, 1.54) is 6.08 Å². The molecular weight excluding hydrogens is 390 g/mol. The van der Waals surface area contributed by atoms with Crippen LogP contribution in [0, 0.1) is 13.8 Å². The van der Waals surface area contributed by atoms with Gasteiger partial charge in [-0.2, -0.15) is 5.10 Å². The van der Waals surface area contributed by atoms with Crippen LogP contribution < -0.4 is 10.1 Å². The van der Waals surface area contributed by atoms with Crippen molar-refractivity contribution in [3.05, 3.63) is 77.6 Å². The van der Waals surface area contributed by atoms with Gasteiger partial charge in [0, 0.05) is 35.7 Å². The van der Waals surface area contributed by atoms with Gasteiger partial charge in [0.2, 0.25) is 5.91 Å². The van der Waals surface area contributed by atoms with Gasteiger partial charge in [-0.3, -0.25) is 4.79 Å². The number of anilines is 1. The van der Waals surface area contributed by atoms with E-state index in [0.717, 1.165) is 42.1 Å². The molecule has 6 nitrogen and oxygen atoms in total. The van der Waals surface area contributed by atoms with Crippen molar-refractivity contribution in [2.24, 2.45) is 0 Å². The number of hydrogen-bond acceptors (Lipinski definition) is 4. The number of hydrogen-bond donors (Lipinski definition) is 1. The monoisotopic (exact) mass is 417 g/mol. The van der Waals surface area contributed by atoms with Crippen LogP contribution in [0.1, 0.15) is 29.8 Å². The van der Waals surface area contributed by atoms with Gasteiger partial charge in [0.05, 0.1) is 17.5 Å². The Hall–Kier alpha value is -3.38. The Morgan fingerprint density at radius 1 is 1.23 bits per heavy atom. The minimum atomic E-state index is -0.206. The predicted molar refractivity (Wildman–Crippen MR) is 122 cm³/mol. The summed E-state index contributed by atoms with van der Waals surface area (Å²) in [5, 5.41) is 7.51.